The van der Waals surface area contributed by atoms with Crippen LogP contribution >= 0.6 is 0 Å². The Morgan fingerprint density at radius 2 is 2.11 bits per heavy atom. The first-order chi connectivity index (χ1) is 9.20. The van der Waals surface area contributed by atoms with Gasteiger partial charge in [-0.2, -0.15) is 0 Å². The maximum Gasteiger partial charge on any atom is 0.337 e. The summed E-state index contributed by atoms with van der Waals surface area (Å²) < 4.78 is 18.2. The van der Waals surface area contributed by atoms with Crippen LogP contribution in [-0.2, 0) is 11.3 Å². The van der Waals surface area contributed by atoms with Gasteiger partial charge in [-0.1, -0.05) is 0 Å². The molecule has 2 rings (SSSR count). The summed E-state index contributed by atoms with van der Waals surface area (Å²) in [6.45, 7) is 0.363. The van der Waals surface area contributed by atoms with Crippen molar-refractivity contribution >= 4 is 11.7 Å². The van der Waals surface area contributed by atoms with Crippen molar-refractivity contribution in [3.8, 4) is 0 Å². The van der Waals surface area contributed by atoms with E-state index in [0.29, 0.717) is 6.54 Å². The lowest BCUT2D eigenvalue weighted by molar-refractivity contribution is 0.0600. The number of carbonyl (C=O) groups is 1. The van der Waals surface area contributed by atoms with Crippen molar-refractivity contribution in [3.63, 3.8) is 0 Å². The summed E-state index contributed by atoms with van der Waals surface area (Å²) in [5.41, 5.74) is 1.33. The van der Waals surface area contributed by atoms with Crippen LogP contribution in [0.15, 0.2) is 36.9 Å². The molecule has 0 atom stereocenters. The number of ether oxygens (including phenoxy) is 1. The lowest BCUT2D eigenvalue weighted by Gasteiger charge is -2.08. The van der Waals surface area contributed by atoms with Crippen LogP contribution in [0.4, 0.5) is 10.1 Å². The Kier molecular flexibility index (Phi) is 4.02. The van der Waals surface area contributed by atoms with Gasteiger partial charge in [-0.15, -0.1) is 0 Å². The molecular weight excluding hydrogens is 249 g/mol. The Labute approximate surface area is 109 Å². The van der Waals surface area contributed by atoms with Crippen LogP contribution in [0.2, 0.25) is 0 Å². The summed E-state index contributed by atoms with van der Waals surface area (Å²) in [4.78, 5) is 19.1. The molecule has 19 heavy (non-hydrogen) atoms. The molecule has 0 saturated heterocycles. The zero-order valence-corrected chi connectivity index (χ0v) is 10.3. The summed E-state index contributed by atoms with van der Waals surface area (Å²) in [7, 11) is 1.28. The number of hydrogen-bond acceptors (Lipinski definition) is 5. The number of esters is 1. The molecule has 2 aromatic rings. The van der Waals surface area contributed by atoms with E-state index in [-0.39, 0.29) is 11.3 Å². The van der Waals surface area contributed by atoms with E-state index in [1.165, 1.54) is 31.6 Å². The third-order valence-corrected chi connectivity index (χ3v) is 2.48. The SMILES string of the molecule is COC(=O)c1ccc(F)c(NCc2cncnc2)c1. The van der Waals surface area contributed by atoms with Gasteiger partial charge in [-0.05, 0) is 18.2 Å². The highest BCUT2D eigenvalue weighted by Crippen LogP contribution is 2.17. The van der Waals surface area contributed by atoms with E-state index in [0.717, 1.165) is 5.56 Å². The summed E-state index contributed by atoms with van der Waals surface area (Å²) in [5, 5.41) is 2.89. The molecule has 0 aliphatic heterocycles. The summed E-state index contributed by atoms with van der Waals surface area (Å²) in [6, 6.07) is 4.00. The third kappa shape index (κ3) is 3.25. The first-order valence-electron chi connectivity index (χ1n) is 5.56. The molecule has 1 heterocycles. The number of benzene rings is 1. The zero-order valence-electron chi connectivity index (χ0n) is 10.3. The van der Waals surface area contributed by atoms with Crippen molar-refractivity contribution in [1.29, 1.82) is 0 Å². The van der Waals surface area contributed by atoms with Crippen molar-refractivity contribution in [2.45, 2.75) is 6.54 Å². The molecule has 0 fully saturated rings. The van der Waals surface area contributed by atoms with Crippen LogP contribution in [0.25, 0.3) is 0 Å². The Hall–Kier alpha value is -2.50. The van der Waals surface area contributed by atoms with E-state index in [2.05, 4.69) is 20.0 Å². The number of aromatic nitrogens is 2. The number of halogens is 1. The monoisotopic (exact) mass is 261 g/mol. The van der Waals surface area contributed by atoms with Crippen LogP contribution in [0, 0.1) is 5.82 Å². The lowest BCUT2D eigenvalue weighted by atomic mass is 10.2. The topological polar surface area (TPSA) is 64.1 Å². The van der Waals surface area contributed by atoms with Crippen LogP contribution in [0.5, 0.6) is 0 Å². The Morgan fingerprint density at radius 1 is 1.37 bits per heavy atom. The molecule has 0 radical (unpaired) electrons. The Bertz CT molecular complexity index is 575. The lowest BCUT2D eigenvalue weighted by Crippen LogP contribution is -2.06. The van der Waals surface area contributed by atoms with Crippen LogP contribution in [0.3, 0.4) is 0 Å². The fourth-order valence-corrected chi connectivity index (χ4v) is 1.52. The summed E-state index contributed by atoms with van der Waals surface area (Å²) in [5.74, 6) is -0.949. The number of anilines is 1. The van der Waals surface area contributed by atoms with Crippen molar-refractivity contribution < 1.29 is 13.9 Å². The van der Waals surface area contributed by atoms with Gasteiger partial charge in [0, 0.05) is 24.5 Å². The number of methoxy groups -OCH3 is 1. The number of hydrogen-bond donors (Lipinski definition) is 1. The normalized spacial score (nSPS) is 10.0. The van der Waals surface area contributed by atoms with E-state index >= 15 is 0 Å². The van der Waals surface area contributed by atoms with Crippen molar-refractivity contribution in [2.75, 3.05) is 12.4 Å². The molecule has 0 amide bonds. The molecule has 0 saturated carbocycles. The fourth-order valence-electron chi connectivity index (χ4n) is 1.52. The van der Waals surface area contributed by atoms with Crippen molar-refractivity contribution in [2.24, 2.45) is 0 Å². The second-order valence-electron chi connectivity index (χ2n) is 3.79. The average Bonchev–Trinajstić information content (AvgIpc) is 2.46. The molecule has 98 valence electrons. The molecule has 6 heteroatoms. The first kappa shape index (κ1) is 12.9. The highest BCUT2D eigenvalue weighted by atomic mass is 19.1. The number of carbonyl (C=O) groups excluding carboxylic acids is 1. The van der Waals surface area contributed by atoms with E-state index in [9.17, 15) is 9.18 Å². The largest absolute Gasteiger partial charge is 0.465 e. The molecule has 0 aliphatic rings. The van der Waals surface area contributed by atoms with Gasteiger partial charge in [0.25, 0.3) is 0 Å². The minimum atomic E-state index is -0.508. The van der Waals surface area contributed by atoms with Gasteiger partial charge in [-0.25, -0.2) is 19.2 Å². The standard InChI is InChI=1S/C13H12FN3O2/c1-19-13(18)10-2-3-11(14)12(4-10)17-7-9-5-15-8-16-6-9/h2-6,8,17H,7H2,1H3. The van der Waals surface area contributed by atoms with Gasteiger partial charge in [0.05, 0.1) is 18.4 Å². The van der Waals surface area contributed by atoms with Crippen molar-refractivity contribution in [1.82, 2.24) is 9.97 Å². The highest BCUT2D eigenvalue weighted by Gasteiger charge is 2.09. The summed E-state index contributed by atoms with van der Waals surface area (Å²) >= 11 is 0. The minimum absolute atomic E-state index is 0.228. The molecule has 1 aromatic carbocycles. The second-order valence-corrected chi connectivity index (χ2v) is 3.79. The average molecular weight is 261 g/mol. The molecule has 5 nitrogen and oxygen atoms in total. The predicted octanol–water partition coefficient (Wildman–Crippen LogP) is 2.01. The van der Waals surface area contributed by atoms with Crippen molar-refractivity contribution in [3.05, 3.63) is 53.9 Å². The van der Waals surface area contributed by atoms with Gasteiger partial charge in [0.15, 0.2) is 0 Å². The van der Waals surface area contributed by atoms with Gasteiger partial charge in [0.1, 0.15) is 12.1 Å². The van der Waals surface area contributed by atoms with Gasteiger partial charge >= 0.3 is 5.97 Å². The van der Waals surface area contributed by atoms with Gasteiger partial charge in [-0.3, -0.25) is 0 Å². The van der Waals surface area contributed by atoms with E-state index < -0.39 is 11.8 Å². The zero-order chi connectivity index (χ0) is 13.7. The smallest absolute Gasteiger partial charge is 0.337 e. The highest BCUT2D eigenvalue weighted by molar-refractivity contribution is 5.90. The Balaban J connectivity index is 2.13. The maximum atomic E-state index is 13.6. The number of nitrogens with zero attached hydrogens (tertiary/aromatic N) is 2. The minimum Gasteiger partial charge on any atom is -0.465 e. The van der Waals surface area contributed by atoms with Crippen LogP contribution in [-0.4, -0.2) is 23.0 Å². The molecule has 0 spiro atoms. The fraction of sp³-hybridized carbons (Fsp3) is 0.154. The van der Waals surface area contributed by atoms with E-state index in [4.69, 9.17) is 0 Å². The first-order valence-corrected chi connectivity index (χ1v) is 5.56. The molecule has 0 bridgehead atoms. The second kappa shape index (κ2) is 5.90. The maximum absolute atomic E-state index is 13.6. The molecule has 0 aliphatic carbocycles. The van der Waals surface area contributed by atoms with Crippen LogP contribution in [0.1, 0.15) is 15.9 Å². The van der Waals surface area contributed by atoms with Gasteiger partial charge < -0.3 is 10.1 Å². The quantitative estimate of drug-likeness (QED) is 0.853. The van der Waals surface area contributed by atoms with Crippen LogP contribution < -0.4 is 5.32 Å². The van der Waals surface area contributed by atoms with E-state index in [1.807, 2.05) is 0 Å². The molecule has 1 N–H and O–H groups in total. The summed E-state index contributed by atoms with van der Waals surface area (Å²) in [6.07, 6.45) is 4.67. The van der Waals surface area contributed by atoms with Gasteiger partial charge in [0.2, 0.25) is 0 Å². The third-order valence-electron chi connectivity index (χ3n) is 2.48. The molecule has 0 unspecified atom stereocenters. The van der Waals surface area contributed by atoms with E-state index in [1.54, 1.807) is 12.4 Å². The molecule has 1 aromatic heterocycles. The number of rotatable bonds is 4. The molecular formula is C13H12FN3O2. The predicted molar refractivity (Wildman–Crippen MR) is 67.1 cm³/mol. The number of nitrogens with one attached hydrogen (secondary N) is 1. The Morgan fingerprint density at radius 3 is 2.79 bits per heavy atom.